The Morgan fingerprint density at radius 3 is 2.43 bits per heavy atom. The Bertz CT molecular complexity index is 1710. The van der Waals surface area contributed by atoms with E-state index in [0.29, 0.717) is 29.1 Å². The molecule has 1 saturated carbocycles. The molecule has 2 aromatic heterocycles. The maximum Gasteiger partial charge on any atom is 0.573 e. The van der Waals surface area contributed by atoms with Crippen molar-refractivity contribution in [3.8, 4) is 11.5 Å². The fourth-order valence-electron chi connectivity index (χ4n) is 5.51. The van der Waals surface area contributed by atoms with Gasteiger partial charge in [0.2, 0.25) is 5.95 Å². The highest BCUT2D eigenvalue weighted by Gasteiger charge is 2.33. The van der Waals surface area contributed by atoms with Gasteiger partial charge in [-0.15, -0.1) is 13.2 Å². The molecule has 46 heavy (non-hydrogen) atoms. The number of aromatic nitrogens is 3. The zero-order valence-corrected chi connectivity index (χ0v) is 25.5. The molecule has 1 aliphatic carbocycles. The minimum atomic E-state index is -4.80. The SMILES string of the molecule is CC1(C)CCCC(n2c(Nc3ccc(OC(F)(F)F)cc3)nc3cc(OCC(=O)NCc4ncc(C(F)(F)F)cc4Cl)ccc32)C1. The van der Waals surface area contributed by atoms with Crippen LogP contribution in [0.3, 0.4) is 0 Å². The lowest BCUT2D eigenvalue weighted by Crippen LogP contribution is -2.29. The van der Waals surface area contributed by atoms with Gasteiger partial charge in [0.25, 0.3) is 5.91 Å². The monoisotopic (exact) mass is 669 g/mol. The molecule has 1 atom stereocenters. The number of rotatable bonds is 9. The lowest BCUT2D eigenvalue weighted by Gasteiger charge is -2.36. The maximum atomic E-state index is 12.8. The number of nitrogens with one attached hydrogen (secondary N) is 2. The van der Waals surface area contributed by atoms with Crippen LogP contribution >= 0.6 is 11.6 Å². The molecule has 0 bridgehead atoms. The van der Waals surface area contributed by atoms with Gasteiger partial charge in [0.15, 0.2) is 6.61 Å². The van der Waals surface area contributed by atoms with Gasteiger partial charge in [0.1, 0.15) is 11.5 Å². The lowest BCUT2D eigenvalue weighted by molar-refractivity contribution is -0.274. The van der Waals surface area contributed by atoms with Crippen molar-refractivity contribution >= 4 is 40.2 Å². The highest BCUT2D eigenvalue weighted by Crippen LogP contribution is 2.44. The molecule has 1 amide bonds. The van der Waals surface area contributed by atoms with Gasteiger partial charge in [-0.1, -0.05) is 31.9 Å². The van der Waals surface area contributed by atoms with Crippen molar-refractivity contribution in [2.45, 2.75) is 64.7 Å². The number of benzene rings is 2. The number of alkyl halides is 6. The second-order valence-electron chi connectivity index (χ2n) is 11.8. The van der Waals surface area contributed by atoms with Gasteiger partial charge in [-0.2, -0.15) is 13.2 Å². The predicted molar refractivity (Wildman–Crippen MR) is 159 cm³/mol. The van der Waals surface area contributed by atoms with Crippen molar-refractivity contribution in [3.05, 3.63) is 71.0 Å². The highest BCUT2D eigenvalue weighted by molar-refractivity contribution is 6.31. The molecule has 1 aliphatic rings. The Morgan fingerprint density at radius 2 is 1.78 bits per heavy atom. The molecule has 0 radical (unpaired) electrons. The number of carbonyl (C=O) groups is 1. The molecule has 15 heteroatoms. The van der Waals surface area contributed by atoms with Crippen molar-refractivity contribution in [1.29, 1.82) is 0 Å². The van der Waals surface area contributed by atoms with Gasteiger partial charge >= 0.3 is 12.5 Å². The fourth-order valence-corrected chi connectivity index (χ4v) is 5.74. The standard InChI is InChI=1S/C31H30ClF6N5O3/c1-29(2)11-3-4-20(14-29)43-26-10-9-22(45-17-27(44)40-16-25-23(32)12-18(15-39-25)30(33,34)35)13-24(26)42-28(43)41-19-5-7-21(8-6-19)46-31(36,37)38/h5-10,12-13,15,20H,3-4,11,14,16-17H2,1-2H3,(H,40,44)(H,41,42). The third kappa shape index (κ3) is 8.33. The second kappa shape index (κ2) is 12.9. The Labute approximate surface area is 265 Å². The molecule has 1 unspecified atom stereocenters. The summed E-state index contributed by atoms with van der Waals surface area (Å²) in [5, 5.41) is 5.52. The number of pyridine rings is 1. The number of amides is 1. The Kier molecular flexibility index (Phi) is 9.30. The van der Waals surface area contributed by atoms with Crippen LogP contribution < -0.4 is 20.1 Å². The van der Waals surface area contributed by atoms with Crippen molar-refractivity contribution in [3.63, 3.8) is 0 Å². The number of anilines is 2. The van der Waals surface area contributed by atoms with Crippen LogP contribution in [0.5, 0.6) is 11.5 Å². The first-order valence-electron chi connectivity index (χ1n) is 14.3. The molecule has 0 aliphatic heterocycles. The smallest absolute Gasteiger partial charge is 0.484 e. The fraction of sp³-hybridized carbons (Fsp3) is 0.387. The number of imidazole rings is 1. The molecular weight excluding hydrogens is 640 g/mol. The number of halogens is 7. The summed E-state index contributed by atoms with van der Waals surface area (Å²) in [6.07, 6.45) is -4.83. The second-order valence-corrected chi connectivity index (χ2v) is 12.2. The van der Waals surface area contributed by atoms with Gasteiger partial charge in [0, 0.05) is 24.0 Å². The van der Waals surface area contributed by atoms with Crippen molar-refractivity contribution in [2.75, 3.05) is 11.9 Å². The van der Waals surface area contributed by atoms with E-state index >= 15 is 0 Å². The average molecular weight is 670 g/mol. The van der Waals surface area contributed by atoms with Crippen LogP contribution in [0.4, 0.5) is 38.0 Å². The van der Waals surface area contributed by atoms with Crippen molar-refractivity contribution in [2.24, 2.45) is 5.41 Å². The summed E-state index contributed by atoms with van der Waals surface area (Å²) in [7, 11) is 0. The van der Waals surface area contributed by atoms with E-state index in [1.54, 1.807) is 12.1 Å². The largest absolute Gasteiger partial charge is 0.573 e. The molecule has 5 rings (SSSR count). The van der Waals surface area contributed by atoms with Crippen LogP contribution in [-0.4, -0.2) is 33.4 Å². The van der Waals surface area contributed by atoms with E-state index in [4.69, 9.17) is 21.3 Å². The predicted octanol–water partition coefficient (Wildman–Crippen LogP) is 8.58. The van der Waals surface area contributed by atoms with Crippen molar-refractivity contribution < 1.29 is 40.6 Å². The van der Waals surface area contributed by atoms with Gasteiger partial charge in [-0.3, -0.25) is 9.78 Å². The topological polar surface area (TPSA) is 90.3 Å². The summed E-state index contributed by atoms with van der Waals surface area (Å²) < 4.78 is 88.1. The van der Waals surface area contributed by atoms with Crippen LogP contribution in [0.2, 0.25) is 5.02 Å². The van der Waals surface area contributed by atoms with E-state index in [9.17, 15) is 31.1 Å². The summed E-state index contributed by atoms with van der Waals surface area (Å²) in [5.74, 6) is -0.0431. The molecule has 2 aromatic carbocycles. The first-order chi connectivity index (χ1) is 21.6. The Morgan fingerprint density at radius 1 is 1.07 bits per heavy atom. The van der Waals surface area contributed by atoms with Crippen LogP contribution in [0.1, 0.15) is 56.8 Å². The molecule has 2 N–H and O–H groups in total. The van der Waals surface area contributed by atoms with Crippen LogP contribution in [0.25, 0.3) is 11.0 Å². The van der Waals surface area contributed by atoms with Crippen molar-refractivity contribution in [1.82, 2.24) is 19.9 Å². The van der Waals surface area contributed by atoms with Gasteiger partial charge in [-0.25, -0.2) is 4.98 Å². The first-order valence-corrected chi connectivity index (χ1v) is 14.7. The van der Waals surface area contributed by atoms with Crippen LogP contribution in [-0.2, 0) is 17.5 Å². The minimum absolute atomic E-state index is 0.0726. The Balaban J connectivity index is 1.31. The van der Waals surface area contributed by atoms with Gasteiger partial charge in [0.05, 0.1) is 33.9 Å². The Hall–Kier alpha value is -4.20. The molecular formula is C31H30ClF6N5O3. The molecule has 4 aromatic rings. The molecule has 246 valence electrons. The molecule has 2 heterocycles. The summed E-state index contributed by atoms with van der Waals surface area (Å²) in [4.78, 5) is 20.9. The minimum Gasteiger partial charge on any atom is -0.484 e. The summed E-state index contributed by atoms with van der Waals surface area (Å²) in [6, 6.07) is 11.4. The van der Waals surface area contributed by atoms with E-state index in [0.717, 1.165) is 37.3 Å². The number of fused-ring (bicyclic) bond motifs is 1. The highest BCUT2D eigenvalue weighted by atomic mass is 35.5. The number of hydrogen-bond donors (Lipinski definition) is 2. The zero-order chi connectivity index (χ0) is 33.3. The zero-order valence-electron chi connectivity index (χ0n) is 24.7. The van der Waals surface area contributed by atoms with Crippen LogP contribution in [0, 0.1) is 5.41 Å². The van der Waals surface area contributed by atoms with E-state index in [2.05, 4.69) is 38.8 Å². The summed E-state index contributed by atoms with van der Waals surface area (Å²) >= 11 is 5.91. The average Bonchev–Trinajstić information content (AvgIpc) is 3.31. The normalized spacial score (nSPS) is 16.7. The molecule has 1 fully saturated rings. The number of nitrogens with zero attached hydrogens (tertiary/aromatic N) is 3. The first kappa shape index (κ1) is 33.2. The number of carbonyl (C=O) groups excluding carboxylic acids is 1. The third-order valence-corrected chi connectivity index (χ3v) is 7.94. The molecule has 8 nitrogen and oxygen atoms in total. The third-order valence-electron chi connectivity index (χ3n) is 7.62. The van der Waals surface area contributed by atoms with E-state index in [-0.39, 0.29) is 34.5 Å². The van der Waals surface area contributed by atoms with Gasteiger partial charge < -0.3 is 24.7 Å². The summed E-state index contributed by atoms with van der Waals surface area (Å²) in [6.45, 7) is 3.84. The quantitative estimate of drug-likeness (QED) is 0.174. The van der Waals surface area contributed by atoms with E-state index in [1.807, 2.05) is 6.07 Å². The lowest BCUT2D eigenvalue weighted by atomic mass is 9.75. The molecule has 0 spiro atoms. The number of hydrogen-bond acceptors (Lipinski definition) is 6. The maximum absolute atomic E-state index is 12.8. The van der Waals surface area contributed by atoms with E-state index < -0.39 is 30.6 Å². The molecule has 0 saturated heterocycles. The van der Waals surface area contributed by atoms with Crippen LogP contribution in [0.15, 0.2) is 54.7 Å². The van der Waals surface area contributed by atoms with Gasteiger partial charge in [-0.05, 0) is 67.1 Å². The number of ether oxygens (including phenoxy) is 2. The summed E-state index contributed by atoms with van der Waals surface area (Å²) in [5.41, 5.74) is 1.07. The van der Waals surface area contributed by atoms with E-state index in [1.165, 1.54) is 24.3 Å².